The Morgan fingerprint density at radius 3 is 2.95 bits per heavy atom. The van der Waals surface area contributed by atoms with Gasteiger partial charge in [0.2, 0.25) is 5.91 Å². The van der Waals surface area contributed by atoms with Gasteiger partial charge in [0, 0.05) is 12.8 Å². The van der Waals surface area contributed by atoms with Gasteiger partial charge < -0.3 is 5.11 Å². The number of carbonyl (C=O) groups excluding carboxylic acids is 1. The number of hydrazone groups is 1. The van der Waals surface area contributed by atoms with Gasteiger partial charge >= 0.3 is 5.69 Å². The van der Waals surface area contributed by atoms with Crippen LogP contribution in [0.15, 0.2) is 39.0 Å². The number of phenolic OH excluding ortho intramolecular Hbond substituents is 1. The molecule has 0 bridgehead atoms. The van der Waals surface area contributed by atoms with Gasteiger partial charge in [0.15, 0.2) is 0 Å². The van der Waals surface area contributed by atoms with E-state index in [1.165, 1.54) is 18.3 Å². The molecule has 1 aromatic heterocycles. The van der Waals surface area contributed by atoms with Crippen LogP contribution in [0, 0.1) is 0 Å². The Balaban J connectivity index is 1.85. The summed E-state index contributed by atoms with van der Waals surface area (Å²) in [6, 6.07) is 6.36. The second kappa shape index (κ2) is 6.97. The molecule has 0 aliphatic rings. The van der Waals surface area contributed by atoms with E-state index in [9.17, 15) is 19.5 Å². The van der Waals surface area contributed by atoms with Gasteiger partial charge in [0.1, 0.15) is 11.4 Å². The highest BCUT2D eigenvalue weighted by molar-refractivity contribution is 5.82. The minimum absolute atomic E-state index is 0.0144. The lowest BCUT2D eigenvalue weighted by Crippen LogP contribution is -2.28. The molecule has 2 aromatic rings. The Morgan fingerprint density at radius 1 is 1.41 bits per heavy atom. The van der Waals surface area contributed by atoms with Crippen LogP contribution >= 0.6 is 0 Å². The van der Waals surface area contributed by atoms with E-state index in [0.717, 1.165) is 0 Å². The van der Waals surface area contributed by atoms with Crippen LogP contribution < -0.4 is 16.7 Å². The maximum absolute atomic E-state index is 11.6. The predicted octanol–water partition coefficient (Wildman–Crippen LogP) is -0.753. The quantitative estimate of drug-likeness (QED) is 0.425. The number of nitrogens with zero attached hydrogens (tertiary/aromatic N) is 2. The van der Waals surface area contributed by atoms with E-state index in [4.69, 9.17) is 0 Å². The molecule has 0 atom stereocenters. The van der Waals surface area contributed by atoms with Gasteiger partial charge in [-0.2, -0.15) is 10.2 Å². The van der Waals surface area contributed by atoms with Gasteiger partial charge in [-0.15, -0.1) is 0 Å². The maximum atomic E-state index is 11.6. The lowest BCUT2D eigenvalue weighted by molar-refractivity contribution is -0.121. The van der Waals surface area contributed by atoms with Crippen LogP contribution in [0.25, 0.3) is 0 Å². The zero-order valence-electron chi connectivity index (χ0n) is 11.4. The largest absolute Gasteiger partial charge is 0.508 e. The van der Waals surface area contributed by atoms with Crippen molar-refractivity contribution >= 4 is 12.1 Å². The molecule has 22 heavy (non-hydrogen) atoms. The second-order valence-corrected chi connectivity index (χ2v) is 4.34. The monoisotopic (exact) mass is 303 g/mol. The summed E-state index contributed by atoms with van der Waals surface area (Å²) in [5.74, 6) is -0.317. The van der Waals surface area contributed by atoms with Crippen LogP contribution in [0.3, 0.4) is 0 Å². The van der Waals surface area contributed by atoms with Gasteiger partial charge in [-0.3, -0.25) is 14.6 Å². The van der Waals surface area contributed by atoms with Crippen molar-refractivity contribution in [3.63, 3.8) is 0 Å². The summed E-state index contributed by atoms with van der Waals surface area (Å²) in [5, 5.41) is 18.6. The zero-order valence-corrected chi connectivity index (χ0v) is 11.4. The van der Waals surface area contributed by atoms with Crippen molar-refractivity contribution in [2.24, 2.45) is 5.10 Å². The normalized spacial score (nSPS) is 10.7. The van der Waals surface area contributed by atoms with Gasteiger partial charge in [-0.25, -0.2) is 15.3 Å². The number of amides is 1. The zero-order chi connectivity index (χ0) is 15.9. The van der Waals surface area contributed by atoms with E-state index in [1.54, 1.807) is 12.1 Å². The van der Waals surface area contributed by atoms with E-state index in [1.807, 2.05) is 4.98 Å². The number of hydrogen-bond acceptors (Lipinski definition) is 6. The van der Waals surface area contributed by atoms with Gasteiger partial charge in [0.05, 0.1) is 6.21 Å². The molecule has 0 saturated carbocycles. The highest BCUT2D eigenvalue weighted by atomic mass is 16.3. The number of rotatable bonds is 5. The van der Waals surface area contributed by atoms with Crippen molar-refractivity contribution in [3.05, 3.63) is 56.4 Å². The molecule has 1 amide bonds. The predicted molar refractivity (Wildman–Crippen MR) is 77.6 cm³/mol. The molecule has 0 fully saturated rings. The fourth-order valence-corrected chi connectivity index (χ4v) is 1.61. The summed E-state index contributed by atoms with van der Waals surface area (Å²) in [4.78, 5) is 35.7. The number of carbonyl (C=O) groups is 1. The third-order valence-corrected chi connectivity index (χ3v) is 2.64. The van der Waals surface area contributed by atoms with E-state index in [2.05, 4.69) is 20.7 Å². The number of aromatic hydroxyl groups is 1. The Kier molecular flexibility index (Phi) is 4.81. The molecular weight excluding hydrogens is 290 g/mol. The van der Waals surface area contributed by atoms with E-state index in [0.29, 0.717) is 5.56 Å². The molecule has 0 spiro atoms. The average molecular weight is 303 g/mol. The molecule has 114 valence electrons. The number of H-pyrrole nitrogens is 2. The summed E-state index contributed by atoms with van der Waals surface area (Å²) in [7, 11) is 0. The summed E-state index contributed by atoms with van der Waals surface area (Å²) in [5.41, 5.74) is 1.65. The smallest absolute Gasteiger partial charge is 0.342 e. The third kappa shape index (κ3) is 4.40. The Bertz CT molecular complexity index is 808. The minimum atomic E-state index is -0.700. The minimum Gasteiger partial charge on any atom is -0.508 e. The molecule has 4 N–H and O–H groups in total. The highest BCUT2D eigenvalue weighted by Crippen LogP contribution is 2.08. The molecule has 9 nitrogen and oxygen atoms in total. The Morgan fingerprint density at radius 2 is 2.23 bits per heavy atom. The number of benzene rings is 1. The number of aryl methyl sites for hydroxylation is 1. The van der Waals surface area contributed by atoms with E-state index >= 15 is 0 Å². The number of nitrogens with one attached hydrogen (secondary N) is 3. The van der Waals surface area contributed by atoms with E-state index in [-0.39, 0.29) is 24.3 Å². The van der Waals surface area contributed by atoms with Gasteiger partial charge in [0.25, 0.3) is 5.56 Å². The third-order valence-electron chi connectivity index (χ3n) is 2.64. The van der Waals surface area contributed by atoms with Gasteiger partial charge in [-0.1, -0.05) is 12.1 Å². The van der Waals surface area contributed by atoms with Crippen LogP contribution in [0.1, 0.15) is 17.7 Å². The van der Waals surface area contributed by atoms with Crippen LogP contribution in [-0.2, 0) is 11.2 Å². The number of aromatic nitrogens is 3. The average Bonchev–Trinajstić information content (AvgIpc) is 2.46. The Hall–Kier alpha value is -3.23. The Labute approximate surface area is 123 Å². The van der Waals surface area contributed by atoms with Crippen LogP contribution in [0.5, 0.6) is 5.75 Å². The second-order valence-electron chi connectivity index (χ2n) is 4.34. The molecule has 0 radical (unpaired) electrons. The molecule has 0 unspecified atom stereocenters. The number of aromatic amines is 2. The number of hydrogen-bond donors (Lipinski definition) is 4. The fourth-order valence-electron chi connectivity index (χ4n) is 1.61. The fraction of sp³-hybridized carbons (Fsp3) is 0.154. The maximum Gasteiger partial charge on any atom is 0.342 e. The SMILES string of the molecule is O=C(CCc1n[nH]c(=O)[nH]c1=O)N/N=C\c1cccc(O)c1. The lowest BCUT2D eigenvalue weighted by atomic mass is 10.2. The molecular formula is C13H13N5O4. The molecule has 9 heteroatoms. The summed E-state index contributed by atoms with van der Waals surface area (Å²) >= 11 is 0. The van der Waals surface area contributed by atoms with Gasteiger partial charge in [-0.05, 0) is 17.7 Å². The highest BCUT2D eigenvalue weighted by Gasteiger charge is 2.06. The molecule has 2 rings (SSSR count). The van der Waals surface area contributed by atoms with Crippen molar-refractivity contribution < 1.29 is 9.90 Å². The van der Waals surface area contributed by atoms with E-state index < -0.39 is 17.2 Å². The molecule has 0 aliphatic heterocycles. The first kappa shape index (κ1) is 15.2. The first-order valence-electron chi connectivity index (χ1n) is 6.33. The number of phenols is 1. The summed E-state index contributed by atoms with van der Waals surface area (Å²) < 4.78 is 0. The molecule has 1 heterocycles. The first-order valence-corrected chi connectivity index (χ1v) is 6.33. The van der Waals surface area contributed by atoms with Crippen molar-refractivity contribution in [1.82, 2.24) is 20.6 Å². The first-order chi connectivity index (χ1) is 10.5. The van der Waals surface area contributed by atoms with Crippen LogP contribution in [0.4, 0.5) is 0 Å². The lowest BCUT2D eigenvalue weighted by Gasteiger charge is -1.99. The topological polar surface area (TPSA) is 140 Å². The van der Waals surface area contributed by atoms with Crippen molar-refractivity contribution in [2.45, 2.75) is 12.8 Å². The van der Waals surface area contributed by atoms with Crippen molar-refractivity contribution in [3.8, 4) is 5.75 Å². The summed E-state index contributed by atoms with van der Waals surface area (Å²) in [6.45, 7) is 0. The summed E-state index contributed by atoms with van der Waals surface area (Å²) in [6.07, 6.45) is 1.43. The van der Waals surface area contributed by atoms with Crippen LogP contribution in [-0.4, -0.2) is 32.4 Å². The van der Waals surface area contributed by atoms with Crippen molar-refractivity contribution in [2.75, 3.05) is 0 Å². The molecule has 0 saturated heterocycles. The molecule has 1 aromatic carbocycles. The van der Waals surface area contributed by atoms with Crippen LogP contribution in [0.2, 0.25) is 0 Å². The van der Waals surface area contributed by atoms with Crippen molar-refractivity contribution in [1.29, 1.82) is 0 Å². The molecule has 0 aliphatic carbocycles. The standard InChI is InChI=1S/C13H13N5O4/c19-9-3-1-2-8(6-9)7-14-17-11(20)5-4-10-12(21)15-13(22)18-16-10/h1-3,6-7,19H,4-5H2,(H,17,20)(H2,15,18,21,22)/b14-7-.